The number of hydrogen-bond acceptors (Lipinski definition) is 2. The smallest absolute Gasteiger partial charge is 0.407 e. The van der Waals surface area contributed by atoms with E-state index in [4.69, 9.17) is 4.74 Å². The lowest BCUT2D eigenvalue weighted by Gasteiger charge is -2.30. The number of carbonyl (C=O) groups is 1. The van der Waals surface area contributed by atoms with Crippen LogP contribution in [0.25, 0.3) is 0 Å². The van der Waals surface area contributed by atoms with E-state index in [0.29, 0.717) is 12.5 Å². The van der Waals surface area contributed by atoms with Gasteiger partial charge in [-0.25, -0.2) is 4.79 Å². The van der Waals surface area contributed by atoms with Crippen molar-refractivity contribution in [2.75, 3.05) is 6.54 Å². The third-order valence-corrected chi connectivity index (χ3v) is 3.63. The normalized spacial score (nSPS) is 34.8. The molecule has 0 spiro atoms. The molecule has 1 aliphatic heterocycles. The van der Waals surface area contributed by atoms with Crippen LogP contribution in [0.5, 0.6) is 0 Å². The lowest BCUT2D eigenvalue weighted by molar-refractivity contribution is 0.0155. The van der Waals surface area contributed by atoms with Crippen molar-refractivity contribution < 1.29 is 9.53 Å². The van der Waals surface area contributed by atoms with Crippen LogP contribution in [0.4, 0.5) is 4.79 Å². The summed E-state index contributed by atoms with van der Waals surface area (Å²) >= 11 is 0. The second-order valence-electron chi connectivity index (χ2n) is 4.74. The van der Waals surface area contributed by atoms with E-state index in [2.05, 4.69) is 12.2 Å². The van der Waals surface area contributed by atoms with E-state index in [-0.39, 0.29) is 11.7 Å². The summed E-state index contributed by atoms with van der Waals surface area (Å²) in [5.74, 6) is 0.559. The summed E-state index contributed by atoms with van der Waals surface area (Å²) in [5, 5.41) is 2.77. The molecule has 2 aliphatic rings. The number of cyclic esters (lactones) is 1. The molecule has 1 heterocycles. The molecule has 14 heavy (non-hydrogen) atoms. The third kappa shape index (κ3) is 1.86. The van der Waals surface area contributed by atoms with Gasteiger partial charge in [0.05, 0.1) is 6.54 Å². The van der Waals surface area contributed by atoms with Crippen molar-refractivity contribution in [1.29, 1.82) is 0 Å². The van der Waals surface area contributed by atoms with E-state index in [1.807, 2.05) is 0 Å². The minimum Gasteiger partial charge on any atom is -0.441 e. The van der Waals surface area contributed by atoms with E-state index in [1.165, 1.54) is 38.5 Å². The molecule has 1 amide bonds. The maximum Gasteiger partial charge on any atom is 0.407 e. The summed E-state index contributed by atoms with van der Waals surface area (Å²) < 4.78 is 5.39. The predicted octanol–water partition coefficient (Wildman–Crippen LogP) is 2.46. The molecule has 0 radical (unpaired) electrons. The maximum atomic E-state index is 11.1. The second kappa shape index (κ2) is 3.79. The molecule has 2 rings (SSSR count). The highest BCUT2D eigenvalue weighted by Gasteiger charge is 2.42. The van der Waals surface area contributed by atoms with Gasteiger partial charge in [-0.15, -0.1) is 0 Å². The molecular formula is C11H19NO2. The van der Waals surface area contributed by atoms with Crippen LogP contribution < -0.4 is 5.32 Å². The highest BCUT2D eigenvalue weighted by Crippen LogP contribution is 2.35. The molecule has 3 nitrogen and oxygen atoms in total. The Morgan fingerprint density at radius 3 is 2.43 bits per heavy atom. The number of nitrogens with one attached hydrogen (secondary N) is 1. The van der Waals surface area contributed by atoms with E-state index in [0.717, 1.165) is 0 Å². The van der Waals surface area contributed by atoms with Gasteiger partial charge in [-0.2, -0.15) is 0 Å². The number of amides is 1. The molecule has 1 saturated heterocycles. The Kier molecular flexibility index (Phi) is 2.66. The summed E-state index contributed by atoms with van der Waals surface area (Å²) in [6.45, 7) is 2.76. The number of carbonyl (C=O) groups excluding carboxylic acids is 1. The minimum atomic E-state index is -0.239. The molecule has 0 aromatic heterocycles. The van der Waals surface area contributed by atoms with E-state index < -0.39 is 0 Å². The molecule has 1 N–H and O–H groups in total. The Morgan fingerprint density at radius 1 is 1.29 bits per heavy atom. The van der Waals surface area contributed by atoms with Crippen LogP contribution in [0, 0.1) is 5.92 Å². The Balaban J connectivity index is 2.01. The van der Waals surface area contributed by atoms with Crippen LogP contribution in [-0.2, 0) is 4.74 Å². The van der Waals surface area contributed by atoms with Crippen molar-refractivity contribution in [3.05, 3.63) is 0 Å². The van der Waals surface area contributed by atoms with Crippen molar-refractivity contribution in [3.63, 3.8) is 0 Å². The fourth-order valence-electron chi connectivity index (χ4n) is 2.65. The monoisotopic (exact) mass is 197 g/mol. The number of hydrogen-bond donors (Lipinski definition) is 1. The summed E-state index contributed by atoms with van der Waals surface area (Å²) in [4.78, 5) is 11.1. The van der Waals surface area contributed by atoms with Crippen LogP contribution in [0.1, 0.15) is 45.4 Å². The average Bonchev–Trinajstić information content (AvgIpc) is 2.45. The first kappa shape index (κ1) is 9.81. The van der Waals surface area contributed by atoms with Gasteiger partial charge in [0, 0.05) is 5.92 Å². The Labute approximate surface area is 85.2 Å². The second-order valence-corrected chi connectivity index (χ2v) is 4.74. The van der Waals surface area contributed by atoms with Crippen LogP contribution in [0.3, 0.4) is 0 Å². The number of rotatable bonds is 1. The lowest BCUT2D eigenvalue weighted by atomic mass is 9.83. The third-order valence-electron chi connectivity index (χ3n) is 3.63. The average molecular weight is 197 g/mol. The first-order chi connectivity index (χ1) is 6.71. The fourth-order valence-corrected chi connectivity index (χ4v) is 2.65. The molecule has 0 aromatic rings. The van der Waals surface area contributed by atoms with E-state index >= 15 is 0 Å². The molecule has 0 aromatic carbocycles. The van der Waals surface area contributed by atoms with Crippen molar-refractivity contribution in [2.45, 2.75) is 51.0 Å². The highest BCUT2D eigenvalue weighted by atomic mass is 16.6. The van der Waals surface area contributed by atoms with Gasteiger partial charge in [0.1, 0.15) is 5.60 Å². The first-order valence-electron chi connectivity index (χ1n) is 5.67. The van der Waals surface area contributed by atoms with Gasteiger partial charge in [0.2, 0.25) is 0 Å². The van der Waals surface area contributed by atoms with Gasteiger partial charge in [0.15, 0.2) is 0 Å². The van der Waals surface area contributed by atoms with Gasteiger partial charge in [0.25, 0.3) is 0 Å². The summed E-state index contributed by atoms with van der Waals surface area (Å²) in [5.41, 5.74) is -0.235. The van der Waals surface area contributed by atoms with Crippen molar-refractivity contribution in [1.82, 2.24) is 5.32 Å². The zero-order valence-corrected chi connectivity index (χ0v) is 8.84. The Bertz CT molecular complexity index is 221. The molecule has 1 aliphatic carbocycles. The van der Waals surface area contributed by atoms with Crippen LogP contribution >= 0.6 is 0 Å². The quantitative estimate of drug-likeness (QED) is 0.656. The van der Waals surface area contributed by atoms with E-state index in [1.54, 1.807) is 0 Å². The largest absolute Gasteiger partial charge is 0.441 e. The summed E-state index contributed by atoms with van der Waals surface area (Å²) in [7, 11) is 0. The molecule has 3 heteroatoms. The first-order valence-corrected chi connectivity index (χ1v) is 5.67. The SMILES string of the molecule is CC1(C2CCCCCC2)CNC(=O)O1. The zero-order chi connectivity index (χ0) is 10.0. The number of alkyl carbamates (subject to hydrolysis) is 1. The zero-order valence-electron chi connectivity index (χ0n) is 8.84. The molecule has 2 fully saturated rings. The maximum absolute atomic E-state index is 11.1. The Morgan fingerprint density at radius 2 is 1.93 bits per heavy atom. The molecular weight excluding hydrogens is 178 g/mol. The van der Waals surface area contributed by atoms with Gasteiger partial charge in [-0.05, 0) is 19.8 Å². The molecule has 1 unspecified atom stereocenters. The van der Waals surface area contributed by atoms with Gasteiger partial charge in [-0.1, -0.05) is 25.7 Å². The lowest BCUT2D eigenvalue weighted by Crippen LogP contribution is -2.38. The van der Waals surface area contributed by atoms with Gasteiger partial charge < -0.3 is 10.1 Å². The molecule has 0 bridgehead atoms. The standard InChI is InChI=1S/C11H19NO2/c1-11(8-12-10(13)14-11)9-6-4-2-3-5-7-9/h9H,2-8H2,1H3,(H,12,13). The number of ether oxygens (including phenoxy) is 1. The summed E-state index contributed by atoms with van der Waals surface area (Å²) in [6.07, 6.45) is 7.45. The summed E-state index contributed by atoms with van der Waals surface area (Å²) in [6, 6.07) is 0. The fraction of sp³-hybridized carbons (Fsp3) is 0.909. The van der Waals surface area contributed by atoms with Gasteiger partial charge >= 0.3 is 6.09 Å². The van der Waals surface area contributed by atoms with Crippen LogP contribution in [0.2, 0.25) is 0 Å². The topological polar surface area (TPSA) is 38.3 Å². The Hall–Kier alpha value is -0.730. The van der Waals surface area contributed by atoms with Crippen molar-refractivity contribution >= 4 is 6.09 Å². The van der Waals surface area contributed by atoms with E-state index in [9.17, 15) is 4.79 Å². The molecule has 1 atom stereocenters. The molecule has 80 valence electrons. The molecule has 1 saturated carbocycles. The minimum absolute atomic E-state index is 0.235. The van der Waals surface area contributed by atoms with Crippen LogP contribution in [-0.4, -0.2) is 18.2 Å². The predicted molar refractivity (Wildman–Crippen MR) is 54.1 cm³/mol. The van der Waals surface area contributed by atoms with Gasteiger partial charge in [-0.3, -0.25) is 0 Å². The van der Waals surface area contributed by atoms with Crippen molar-refractivity contribution in [3.8, 4) is 0 Å². The van der Waals surface area contributed by atoms with Crippen molar-refractivity contribution in [2.24, 2.45) is 5.92 Å². The highest BCUT2D eigenvalue weighted by molar-refractivity contribution is 5.70. The van der Waals surface area contributed by atoms with Crippen LogP contribution in [0.15, 0.2) is 0 Å².